The van der Waals surface area contributed by atoms with Crippen molar-refractivity contribution < 1.29 is 19.4 Å². The molecule has 1 N–H and O–H groups in total. The van der Waals surface area contributed by atoms with Crippen LogP contribution in [0.1, 0.15) is 34.2 Å². The maximum Gasteiger partial charge on any atom is 0.335 e. The van der Waals surface area contributed by atoms with E-state index in [9.17, 15) is 9.59 Å². The van der Waals surface area contributed by atoms with Crippen LogP contribution < -0.4 is 9.64 Å². The van der Waals surface area contributed by atoms with Gasteiger partial charge in [-0.15, -0.1) is 0 Å². The molecule has 2 heterocycles. The van der Waals surface area contributed by atoms with E-state index >= 15 is 0 Å². The van der Waals surface area contributed by atoms with E-state index in [-0.39, 0.29) is 11.5 Å². The molecule has 0 spiro atoms. The highest BCUT2D eigenvalue weighted by Crippen LogP contribution is 2.37. The number of thioether (sulfide) groups is 1. The maximum atomic E-state index is 13.2. The highest BCUT2D eigenvalue weighted by Gasteiger charge is 2.33. The number of aromatic nitrogens is 1. The van der Waals surface area contributed by atoms with Crippen molar-refractivity contribution in [3.63, 3.8) is 0 Å². The SMILES string of the molecule is CCOc1ccc(N2C(=O)/C(=C\c3cc(C)n(-c4ccc(C(=O)O)cc4)c3C)SC2=S)cc1. The van der Waals surface area contributed by atoms with Gasteiger partial charge in [0, 0.05) is 17.1 Å². The number of nitrogens with zero attached hydrogens (tertiary/aromatic N) is 2. The van der Waals surface area contributed by atoms with E-state index in [1.54, 1.807) is 24.3 Å². The van der Waals surface area contributed by atoms with Crippen LogP contribution in [0.4, 0.5) is 5.69 Å². The predicted octanol–water partition coefficient (Wildman–Crippen LogP) is 5.60. The average Bonchev–Trinajstić information content (AvgIpc) is 3.23. The normalized spacial score (nSPS) is 14.9. The van der Waals surface area contributed by atoms with Crippen molar-refractivity contribution in [2.75, 3.05) is 11.5 Å². The average molecular weight is 479 g/mol. The molecule has 1 aliphatic rings. The first-order valence-corrected chi connectivity index (χ1v) is 11.6. The Bertz CT molecular complexity index is 1270. The van der Waals surface area contributed by atoms with Crippen LogP contribution in [0.25, 0.3) is 11.8 Å². The number of aromatic carboxylic acids is 1. The first-order valence-electron chi connectivity index (χ1n) is 10.3. The van der Waals surface area contributed by atoms with E-state index < -0.39 is 5.97 Å². The number of carboxylic acids is 1. The van der Waals surface area contributed by atoms with Gasteiger partial charge < -0.3 is 14.4 Å². The molecular weight excluding hydrogens is 456 g/mol. The second-order valence-corrected chi connectivity index (χ2v) is 9.13. The van der Waals surface area contributed by atoms with Crippen molar-refractivity contribution in [2.24, 2.45) is 0 Å². The molecule has 1 saturated heterocycles. The summed E-state index contributed by atoms with van der Waals surface area (Å²) >= 11 is 6.77. The zero-order valence-corrected chi connectivity index (χ0v) is 20.0. The molecule has 0 saturated carbocycles. The fourth-order valence-electron chi connectivity index (χ4n) is 3.77. The van der Waals surface area contributed by atoms with Crippen molar-refractivity contribution in [1.29, 1.82) is 0 Å². The molecule has 0 atom stereocenters. The molecule has 1 amide bonds. The lowest BCUT2D eigenvalue weighted by Gasteiger charge is -2.15. The Balaban J connectivity index is 1.63. The van der Waals surface area contributed by atoms with E-state index in [1.807, 2.05) is 61.7 Å². The molecule has 0 bridgehead atoms. The lowest BCUT2D eigenvalue weighted by atomic mass is 10.2. The molecule has 0 unspecified atom stereocenters. The summed E-state index contributed by atoms with van der Waals surface area (Å²) in [5, 5.41) is 9.14. The summed E-state index contributed by atoms with van der Waals surface area (Å²) < 4.78 is 7.99. The van der Waals surface area contributed by atoms with Gasteiger partial charge in [0.05, 0.1) is 22.8 Å². The highest BCUT2D eigenvalue weighted by molar-refractivity contribution is 8.27. The van der Waals surface area contributed by atoms with Crippen LogP contribution in [0, 0.1) is 13.8 Å². The minimum atomic E-state index is -0.960. The van der Waals surface area contributed by atoms with Gasteiger partial charge in [-0.3, -0.25) is 9.69 Å². The Hall–Kier alpha value is -3.36. The minimum absolute atomic E-state index is 0.162. The summed E-state index contributed by atoms with van der Waals surface area (Å²) in [5.41, 5.74) is 4.62. The molecule has 8 heteroatoms. The van der Waals surface area contributed by atoms with Gasteiger partial charge in [0.15, 0.2) is 4.32 Å². The molecule has 1 aromatic heterocycles. The Morgan fingerprint density at radius 2 is 1.73 bits per heavy atom. The zero-order valence-electron chi connectivity index (χ0n) is 18.4. The van der Waals surface area contributed by atoms with Crippen LogP contribution in [0.15, 0.2) is 59.5 Å². The van der Waals surface area contributed by atoms with Crippen LogP contribution in [-0.4, -0.2) is 32.5 Å². The van der Waals surface area contributed by atoms with Gasteiger partial charge in [-0.1, -0.05) is 24.0 Å². The summed E-state index contributed by atoms with van der Waals surface area (Å²) in [4.78, 5) is 26.4. The van der Waals surface area contributed by atoms with Crippen molar-refractivity contribution in [3.8, 4) is 11.4 Å². The standard InChI is InChI=1S/C25H22N2O4S2/c1-4-31-21-11-9-20(10-12-21)27-23(28)22(33-25(27)32)14-18-13-15(2)26(16(18)3)19-7-5-17(6-8-19)24(29)30/h5-14H,4H2,1-3H3,(H,29,30)/b22-14+. The number of hydrogen-bond donors (Lipinski definition) is 1. The number of rotatable bonds is 6. The number of anilines is 1. The topological polar surface area (TPSA) is 71.8 Å². The second kappa shape index (κ2) is 9.25. The molecule has 1 fully saturated rings. The van der Waals surface area contributed by atoms with Crippen LogP contribution in [0.5, 0.6) is 5.75 Å². The van der Waals surface area contributed by atoms with Crippen molar-refractivity contribution in [2.45, 2.75) is 20.8 Å². The van der Waals surface area contributed by atoms with Gasteiger partial charge in [-0.2, -0.15) is 0 Å². The Morgan fingerprint density at radius 1 is 1.09 bits per heavy atom. The quantitative estimate of drug-likeness (QED) is 0.367. The van der Waals surface area contributed by atoms with Crippen LogP contribution in [0.3, 0.4) is 0 Å². The third kappa shape index (κ3) is 4.44. The molecule has 1 aliphatic heterocycles. The predicted molar refractivity (Wildman–Crippen MR) is 135 cm³/mol. The van der Waals surface area contributed by atoms with Gasteiger partial charge in [0.2, 0.25) is 0 Å². The van der Waals surface area contributed by atoms with E-state index in [4.69, 9.17) is 22.1 Å². The number of thiocarbonyl (C=S) groups is 1. The van der Waals surface area contributed by atoms with Gasteiger partial charge >= 0.3 is 5.97 Å². The molecule has 33 heavy (non-hydrogen) atoms. The van der Waals surface area contributed by atoms with Crippen molar-refractivity contribution >= 4 is 51.9 Å². The second-order valence-electron chi connectivity index (χ2n) is 7.46. The van der Waals surface area contributed by atoms with E-state index in [0.717, 1.165) is 28.4 Å². The Kier molecular flexibility index (Phi) is 6.40. The summed E-state index contributed by atoms with van der Waals surface area (Å²) in [6, 6.07) is 16.0. The monoisotopic (exact) mass is 478 g/mol. The van der Waals surface area contributed by atoms with Crippen LogP contribution in [0.2, 0.25) is 0 Å². The lowest BCUT2D eigenvalue weighted by molar-refractivity contribution is -0.113. The number of carbonyl (C=O) groups excluding carboxylic acids is 1. The summed E-state index contributed by atoms with van der Waals surface area (Å²) in [6.07, 6.45) is 1.86. The molecule has 6 nitrogen and oxygen atoms in total. The number of aryl methyl sites for hydroxylation is 1. The van der Waals surface area contributed by atoms with Crippen molar-refractivity contribution in [3.05, 3.63) is 82.0 Å². The van der Waals surface area contributed by atoms with Gasteiger partial charge in [0.25, 0.3) is 5.91 Å². The Morgan fingerprint density at radius 3 is 2.33 bits per heavy atom. The molecule has 0 aliphatic carbocycles. The third-order valence-corrected chi connectivity index (χ3v) is 6.63. The Labute approximate surface area is 201 Å². The van der Waals surface area contributed by atoms with Crippen LogP contribution in [-0.2, 0) is 4.79 Å². The molecule has 2 aromatic carbocycles. The summed E-state index contributed by atoms with van der Waals surface area (Å²) in [6.45, 7) is 6.44. The number of ether oxygens (including phenoxy) is 1. The first-order chi connectivity index (χ1) is 15.8. The maximum absolute atomic E-state index is 13.2. The molecule has 0 radical (unpaired) electrons. The van der Waals surface area contributed by atoms with Gasteiger partial charge in [-0.25, -0.2) is 4.79 Å². The molecule has 3 aromatic rings. The number of hydrogen-bond acceptors (Lipinski definition) is 5. The van der Waals surface area contributed by atoms with Gasteiger partial charge in [-0.05, 0) is 87.0 Å². The van der Waals surface area contributed by atoms with Crippen LogP contribution >= 0.6 is 24.0 Å². The van der Waals surface area contributed by atoms with Gasteiger partial charge in [0.1, 0.15) is 5.75 Å². The van der Waals surface area contributed by atoms with E-state index in [1.165, 1.54) is 16.7 Å². The smallest absolute Gasteiger partial charge is 0.335 e. The first kappa shape index (κ1) is 22.8. The number of carbonyl (C=O) groups is 2. The molecular formula is C25H22N2O4S2. The number of carboxylic acid groups (broad SMARTS) is 1. The van der Waals surface area contributed by atoms with Crippen molar-refractivity contribution in [1.82, 2.24) is 4.57 Å². The lowest BCUT2D eigenvalue weighted by Crippen LogP contribution is -2.27. The minimum Gasteiger partial charge on any atom is -0.494 e. The van der Waals surface area contributed by atoms with E-state index in [0.29, 0.717) is 21.5 Å². The number of benzene rings is 2. The summed E-state index contributed by atoms with van der Waals surface area (Å²) in [7, 11) is 0. The number of amides is 1. The highest BCUT2D eigenvalue weighted by atomic mass is 32.2. The largest absolute Gasteiger partial charge is 0.494 e. The fraction of sp³-hybridized carbons (Fsp3) is 0.160. The molecule has 4 rings (SSSR count). The fourth-order valence-corrected chi connectivity index (χ4v) is 5.06. The van der Waals surface area contributed by atoms with E-state index in [2.05, 4.69) is 0 Å². The summed E-state index contributed by atoms with van der Waals surface area (Å²) in [5.74, 6) is -0.381. The third-order valence-electron chi connectivity index (χ3n) is 5.33. The zero-order chi connectivity index (χ0) is 23.7. The molecule has 168 valence electrons.